The quantitative estimate of drug-likeness (QED) is 0.707. The summed E-state index contributed by atoms with van der Waals surface area (Å²) < 4.78 is 0.834. The van der Waals surface area contributed by atoms with Gasteiger partial charge in [0.15, 0.2) is 0 Å². The molecule has 0 aliphatic heterocycles. The van der Waals surface area contributed by atoms with E-state index in [1.807, 2.05) is 0 Å². The molecule has 0 saturated carbocycles. The van der Waals surface area contributed by atoms with Crippen molar-refractivity contribution in [3.8, 4) is 0 Å². The first-order chi connectivity index (χ1) is 8.00. The lowest BCUT2D eigenvalue weighted by Gasteiger charge is -2.10. The molecule has 0 heterocycles. The van der Waals surface area contributed by atoms with Gasteiger partial charge in [0.05, 0.1) is 11.7 Å². The molecule has 1 aromatic rings. The van der Waals surface area contributed by atoms with Crippen molar-refractivity contribution in [3.63, 3.8) is 0 Å². The van der Waals surface area contributed by atoms with Crippen molar-refractivity contribution >= 4 is 27.6 Å². The van der Waals surface area contributed by atoms with Crippen molar-refractivity contribution in [1.29, 1.82) is 0 Å². The van der Waals surface area contributed by atoms with E-state index < -0.39 is 5.97 Å². The molecule has 5 heteroatoms. The van der Waals surface area contributed by atoms with Gasteiger partial charge in [0, 0.05) is 16.7 Å². The Morgan fingerprint density at radius 1 is 1.53 bits per heavy atom. The maximum Gasteiger partial charge on any atom is 0.337 e. The number of aromatic carboxylic acids is 1. The van der Waals surface area contributed by atoms with E-state index in [4.69, 9.17) is 10.2 Å². The van der Waals surface area contributed by atoms with Gasteiger partial charge in [-0.15, -0.1) is 0 Å². The van der Waals surface area contributed by atoms with Crippen molar-refractivity contribution < 1.29 is 15.0 Å². The number of aliphatic hydroxyl groups is 1. The third-order valence-electron chi connectivity index (χ3n) is 2.33. The molecule has 0 aliphatic rings. The van der Waals surface area contributed by atoms with Crippen LogP contribution in [0.3, 0.4) is 0 Å². The topological polar surface area (TPSA) is 69.6 Å². The Hall–Kier alpha value is -1.07. The second-order valence-corrected chi connectivity index (χ2v) is 4.83. The molecule has 0 spiro atoms. The minimum absolute atomic E-state index is 0.255. The summed E-state index contributed by atoms with van der Waals surface area (Å²) in [5.41, 5.74) is 0.850. The summed E-state index contributed by atoms with van der Waals surface area (Å²) in [4.78, 5) is 11.0. The van der Waals surface area contributed by atoms with Gasteiger partial charge in [-0.2, -0.15) is 0 Å². The molecule has 94 valence electrons. The van der Waals surface area contributed by atoms with E-state index in [-0.39, 0.29) is 11.7 Å². The Kier molecular flexibility index (Phi) is 5.44. The Morgan fingerprint density at radius 2 is 2.24 bits per heavy atom. The molecule has 0 bridgehead atoms. The van der Waals surface area contributed by atoms with E-state index in [0.717, 1.165) is 10.9 Å². The predicted molar refractivity (Wildman–Crippen MR) is 70.5 cm³/mol. The highest BCUT2D eigenvalue weighted by Crippen LogP contribution is 2.21. The van der Waals surface area contributed by atoms with E-state index in [1.165, 1.54) is 0 Å². The first kappa shape index (κ1) is 14.0. The number of benzene rings is 1. The van der Waals surface area contributed by atoms with Crippen LogP contribution in [-0.4, -0.2) is 28.8 Å². The fourth-order valence-corrected chi connectivity index (χ4v) is 1.83. The monoisotopic (exact) mass is 301 g/mol. The zero-order valence-electron chi connectivity index (χ0n) is 9.61. The maximum absolute atomic E-state index is 11.0. The normalized spacial score (nSPS) is 12.2. The highest BCUT2D eigenvalue weighted by atomic mass is 79.9. The standard InChI is InChI=1S/C12H16BrNO3/c1-8(15)3-2-6-14-11-7-9(13)4-5-10(11)12(16)17/h4-5,7-8,14-15H,2-3,6H2,1H3,(H,16,17). The SMILES string of the molecule is CC(O)CCCNc1cc(Br)ccc1C(=O)O. The summed E-state index contributed by atoms with van der Waals surface area (Å²) in [7, 11) is 0. The number of aliphatic hydroxyl groups excluding tert-OH is 1. The molecular weight excluding hydrogens is 286 g/mol. The number of hydrogen-bond acceptors (Lipinski definition) is 3. The zero-order chi connectivity index (χ0) is 12.8. The van der Waals surface area contributed by atoms with Gasteiger partial charge in [-0.3, -0.25) is 0 Å². The van der Waals surface area contributed by atoms with Crippen LogP contribution in [0.1, 0.15) is 30.1 Å². The lowest BCUT2D eigenvalue weighted by Crippen LogP contribution is -2.09. The van der Waals surface area contributed by atoms with E-state index in [9.17, 15) is 4.79 Å². The van der Waals surface area contributed by atoms with Crippen molar-refractivity contribution in [3.05, 3.63) is 28.2 Å². The minimum atomic E-state index is -0.949. The predicted octanol–water partition coefficient (Wildman–Crippen LogP) is 2.72. The highest BCUT2D eigenvalue weighted by molar-refractivity contribution is 9.10. The smallest absolute Gasteiger partial charge is 0.337 e. The summed E-state index contributed by atoms with van der Waals surface area (Å²) >= 11 is 3.30. The van der Waals surface area contributed by atoms with Crippen LogP contribution >= 0.6 is 15.9 Å². The number of carboxylic acid groups (broad SMARTS) is 1. The fourth-order valence-electron chi connectivity index (χ4n) is 1.47. The summed E-state index contributed by atoms with van der Waals surface area (Å²) in [6.07, 6.45) is 1.17. The molecule has 0 saturated heterocycles. The van der Waals surface area contributed by atoms with Gasteiger partial charge >= 0.3 is 5.97 Å². The lowest BCUT2D eigenvalue weighted by molar-refractivity contribution is 0.0698. The van der Waals surface area contributed by atoms with Crippen LogP contribution in [0.5, 0.6) is 0 Å². The molecular formula is C12H16BrNO3. The van der Waals surface area contributed by atoms with Crippen LogP contribution in [0, 0.1) is 0 Å². The van der Waals surface area contributed by atoms with Gasteiger partial charge in [0.2, 0.25) is 0 Å². The first-order valence-electron chi connectivity index (χ1n) is 5.45. The number of hydrogen-bond donors (Lipinski definition) is 3. The largest absolute Gasteiger partial charge is 0.478 e. The number of carbonyl (C=O) groups is 1. The van der Waals surface area contributed by atoms with Crippen LogP contribution in [0.4, 0.5) is 5.69 Å². The second-order valence-electron chi connectivity index (χ2n) is 3.91. The molecule has 1 rings (SSSR count). The third kappa shape index (κ3) is 4.75. The Bertz CT molecular complexity index is 393. The lowest BCUT2D eigenvalue weighted by atomic mass is 10.1. The number of halogens is 1. The maximum atomic E-state index is 11.0. The van der Waals surface area contributed by atoms with Crippen LogP contribution in [-0.2, 0) is 0 Å². The summed E-state index contributed by atoms with van der Waals surface area (Å²) in [6.45, 7) is 2.38. The van der Waals surface area contributed by atoms with E-state index in [2.05, 4.69) is 21.2 Å². The van der Waals surface area contributed by atoms with Gasteiger partial charge in [0.1, 0.15) is 0 Å². The van der Waals surface area contributed by atoms with Crippen molar-refractivity contribution in [1.82, 2.24) is 0 Å². The molecule has 0 fully saturated rings. The van der Waals surface area contributed by atoms with Crippen molar-refractivity contribution in [2.45, 2.75) is 25.9 Å². The Labute approximate surface area is 109 Å². The number of rotatable bonds is 6. The molecule has 1 unspecified atom stereocenters. The first-order valence-corrected chi connectivity index (χ1v) is 6.25. The van der Waals surface area contributed by atoms with Crippen LogP contribution in [0.2, 0.25) is 0 Å². The van der Waals surface area contributed by atoms with Crippen LogP contribution < -0.4 is 5.32 Å². The summed E-state index contributed by atoms with van der Waals surface area (Å²) in [5, 5.41) is 21.2. The Morgan fingerprint density at radius 3 is 2.82 bits per heavy atom. The fraction of sp³-hybridized carbons (Fsp3) is 0.417. The molecule has 3 N–H and O–H groups in total. The van der Waals surface area contributed by atoms with E-state index >= 15 is 0 Å². The number of anilines is 1. The van der Waals surface area contributed by atoms with Crippen molar-refractivity contribution in [2.75, 3.05) is 11.9 Å². The van der Waals surface area contributed by atoms with Crippen LogP contribution in [0.25, 0.3) is 0 Å². The van der Waals surface area contributed by atoms with E-state index in [1.54, 1.807) is 25.1 Å². The van der Waals surface area contributed by atoms with Gasteiger partial charge in [-0.1, -0.05) is 15.9 Å². The highest BCUT2D eigenvalue weighted by Gasteiger charge is 2.09. The van der Waals surface area contributed by atoms with Crippen molar-refractivity contribution in [2.24, 2.45) is 0 Å². The zero-order valence-corrected chi connectivity index (χ0v) is 11.2. The van der Waals surface area contributed by atoms with E-state index in [0.29, 0.717) is 18.7 Å². The number of nitrogens with one attached hydrogen (secondary N) is 1. The van der Waals surface area contributed by atoms with Gasteiger partial charge in [-0.05, 0) is 38.0 Å². The molecule has 4 nitrogen and oxygen atoms in total. The molecule has 0 aromatic heterocycles. The molecule has 1 atom stereocenters. The minimum Gasteiger partial charge on any atom is -0.478 e. The molecule has 0 aliphatic carbocycles. The molecule has 17 heavy (non-hydrogen) atoms. The van der Waals surface area contributed by atoms with Gasteiger partial charge in [0.25, 0.3) is 0 Å². The number of carboxylic acids is 1. The van der Waals surface area contributed by atoms with Gasteiger partial charge < -0.3 is 15.5 Å². The Balaban J connectivity index is 2.62. The average molecular weight is 302 g/mol. The van der Waals surface area contributed by atoms with Crippen LogP contribution in [0.15, 0.2) is 22.7 Å². The second kappa shape index (κ2) is 6.61. The molecule has 0 amide bonds. The summed E-state index contributed by atoms with van der Waals surface area (Å²) in [5.74, 6) is -0.949. The third-order valence-corrected chi connectivity index (χ3v) is 2.82. The molecule has 1 aromatic carbocycles. The average Bonchev–Trinajstić information content (AvgIpc) is 2.23. The van der Waals surface area contributed by atoms with Gasteiger partial charge in [-0.25, -0.2) is 4.79 Å². The molecule has 0 radical (unpaired) electrons. The summed E-state index contributed by atoms with van der Waals surface area (Å²) in [6, 6.07) is 5.00.